The van der Waals surface area contributed by atoms with Crippen molar-refractivity contribution in [3.8, 4) is 0 Å². The normalized spacial score (nSPS) is 13.8. The molecule has 0 spiro atoms. The van der Waals surface area contributed by atoms with Crippen LogP contribution in [0.3, 0.4) is 0 Å². The molecule has 0 radical (unpaired) electrons. The van der Waals surface area contributed by atoms with Gasteiger partial charge < -0.3 is 10.6 Å². The zero-order valence-electron chi connectivity index (χ0n) is 12.7. The molecule has 0 aromatic carbocycles. The topological polar surface area (TPSA) is 54.0 Å². The van der Waals surface area contributed by atoms with Gasteiger partial charge >= 0.3 is 6.03 Å². The Labute approximate surface area is 126 Å². The highest BCUT2D eigenvalue weighted by molar-refractivity contribution is 7.98. The highest BCUT2D eigenvalue weighted by Gasteiger charge is 2.18. The predicted octanol–water partition coefficient (Wildman–Crippen LogP) is 3.22. The molecule has 0 saturated carbocycles. The molecule has 1 heterocycles. The summed E-state index contributed by atoms with van der Waals surface area (Å²) in [4.78, 5) is 16.1. The van der Waals surface area contributed by atoms with E-state index < -0.39 is 0 Å². The lowest BCUT2D eigenvalue weighted by atomic mass is 9.97. The number of pyridine rings is 1. The Kier molecular flexibility index (Phi) is 7.44. The fourth-order valence-corrected chi connectivity index (χ4v) is 2.57. The molecule has 0 bridgehead atoms. The van der Waals surface area contributed by atoms with Crippen LogP contribution in [0.1, 0.15) is 38.8 Å². The summed E-state index contributed by atoms with van der Waals surface area (Å²) in [5.41, 5.74) is 1.09. The lowest BCUT2D eigenvalue weighted by molar-refractivity contribution is 0.229. The van der Waals surface area contributed by atoms with Gasteiger partial charge in [0.1, 0.15) is 0 Å². The number of aromatic nitrogens is 1. The van der Waals surface area contributed by atoms with E-state index in [0.29, 0.717) is 5.92 Å². The molecular formula is C15H25N3OS. The maximum Gasteiger partial charge on any atom is 0.315 e. The van der Waals surface area contributed by atoms with Crippen LogP contribution < -0.4 is 10.6 Å². The van der Waals surface area contributed by atoms with Gasteiger partial charge in [0.25, 0.3) is 0 Å². The lowest BCUT2D eigenvalue weighted by Crippen LogP contribution is -2.43. The van der Waals surface area contributed by atoms with E-state index >= 15 is 0 Å². The first kappa shape index (κ1) is 16.8. The SMILES string of the molecule is CSCCC(C)NC(=O)NC(c1ccncc1)C(C)C. The van der Waals surface area contributed by atoms with Crippen molar-refractivity contribution in [2.24, 2.45) is 5.92 Å². The molecule has 0 aliphatic heterocycles. The van der Waals surface area contributed by atoms with Crippen LogP contribution in [-0.4, -0.2) is 29.1 Å². The number of hydrogen-bond acceptors (Lipinski definition) is 3. The maximum atomic E-state index is 12.1. The van der Waals surface area contributed by atoms with Gasteiger partial charge in [-0.1, -0.05) is 13.8 Å². The molecule has 0 fully saturated rings. The van der Waals surface area contributed by atoms with Crippen LogP contribution in [0.15, 0.2) is 24.5 Å². The van der Waals surface area contributed by atoms with Gasteiger partial charge in [0.2, 0.25) is 0 Å². The van der Waals surface area contributed by atoms with Crippen LogP contribution in [0, 0.1) is 5.92 Å². The van der Waals surface area contributed by atoms with E-state index in [2.05, 4.69) is 35.7 Å². The molecule has 0 aliphatic carbocycles. The van der Waals surface area contributed by atoms with Gasteiger partial charge in [-0.15, -0.1) is 0 Å². The lowest BCUT2D eigenvalue weighted by Gasteiger charge is -2.24. The van der Waals surface area contributed by atoms with Crippen LogP contribution in [0.2, 0.25) is 0 Å². The Balaban J connectivity index is 2.56. The molecule has 20 heavy (non-hydrogen) atoms. The van der Waals surface area contributed by atoms with Crippen molar-refractivity contribution in [2.45, 2.75) is 39.3 Å². The van der Waals surface area contributed by atoms with Crippen molar-refractivity contribution in [3.05, 3.63) is 30.1 Å². The first-order chi connectivity index (χ1) is 9.54. The summed E-state index contributed by atoms with van der Waals surface area (Å²) < 4.78 is 0. The molecule has 1 aromatic heterocycles. The second kappa shape index (κ2) is 8.84. The number of urea groups is 1. The molecule has 5 heteroatoms. The standard InChI is InChI=1S/C15H25N3OS/c1-11(2)14(13-5-8-16-9-6-13)18-15(19)17-12(3)7-10-20-4/h5-6,8-9,11-12,14H,7,10H2,1-4H3,(H2,17,18,19). The van der Waals surface area contributed by atoms with Crippen LogP contribution in [0.4, 0.5) is 4.79 Å². The maximum absolute atomic E-state index is 12.1. The number of nitrogens with one attached hydrogen (secondary N) is 2. The third-order valence-corrected chi connectivity index (χ3v) is 3.79. The summed E-state index contributed by atoms with van der Waals surface area (Å²) in [5, 5.41) is 6.05. The number of amides is 2. The van der Waals surface area contributed by atoms with Crippen molar-refractivity contribution in [1.29, 1.82) is 0 Å². The van der Waals surface area contributed by atoms with Crippen LogP contribution in [-0.2, 0) is 0 Å². The van der Waals surface area contributed by atoms with E-state index in [0.717, 1.165) is 17.7 Å². The summed E-state index contributed by atoms with van der Waals surface area (Å²) in [7, 11) is 0. The Morgan fingerprint density at radius 3 is 2.45 bits per heavy atom. The highest BCUT2D eigenvalue weighted by Crippen LogP contribution is 2.20. The molecule has 0 aliphatic rings. The van der Waals surface area contributed by atoms with Gasteiger partial charge in [0.15, 0.2) is 0 Å². The molecule has 1 aromatic rings. The number of nitrogens with zero attached hydrogens (tertiary/aromatic N) is 1. The molecule has 2 unspecified atom stereocenters. The summed E-state index contributed by atoms with van der Waals surface area (Å²) in [6.45, 7) is 6.23. The Morgan fingerprint density at radius 1 is 1.25 bits per heavy atom. The Bertz CT molecular complexity index is 397. The molecule has 112 valence electrons. The largest absolute Gasteiger partial charge is 0.336 e. The first-order valence-corrected chi connectivity index (χ1v) is 8.39. The fraction of sp³-hybridized carbons (Fsp3) is 0.600. The van der Waals surface area contributed by atoms with Gasteiger partial charge in [0.05, 0.1) is 6.04 Å². The summed E-state index contributed by atoms with van der Waals surface area (Å²) in [6.07, 6.45) is 6.57. The number of thioether (sulfide) groups is 1. The average molecular weight is 295 g/mol. The molecule has 2 atom stereocenters. The van der Waals surface area contributed by atoms with Crippen molar-refractivity contribution >= 4 is 17.8 Å². The molecule has 2 N–H and O–H groups in total. The Morgan fingerprint density at radius 2 is 1.90 bits per heavy atom. The third kappa shape index (κ3) is 5.82. The van der Waals surface area contributed by atoms with Gasteiger partial charge in [-0.05, 0) is 49.0 Å². The molecule has 1 rings (SSSR count). The molecular weight excluding hydrogens is 270 g/mol. The average Bonchev–Trinajstić information content (AvgIpc) is 2.43. The zero-order valence-corrected chi connectivity index (χ0v) is 13.5. The van der Waals surface area contributed by atoms with E-state index in [4.69, 9.17) is 0 Å². The molecule has 0 saturated heterocycles. The quantitative estimate of drug-likeness (QED) is 0.812. The third-order valence-electron chi connectivity index (χ3n) is 3.15. The predicted molar refractivity (Wildman–Crippen MR) is 85.9 cm³/mol. The molecule has 2 amide bonds. The Hall–Kier alpha value is -1.23. The summed E-state index contributed by atoms with van der Waals surface area (Å²) in [5.74, 6) is 1.38. The summed E-state index contributed by atoms with van der Waals surface area (Å²) >= 11 is 1.79. The second-order valence-corrected chi connectivity index (χ2v) is 6.29. The van der Waals surface area contributed by atoms with Crippen molar-refractivity contribution < 1.29 is 4.79 Å². The van der Waals surface area contributed by atoms with Crippen molar-refractivity contribution in [3.63, 3.8) is 0 Å². The van der Waals surface area contributed by atoms with Gasteiger partial charge in [0, 0.05) is 18.4 Å². The van der Waals surface area contributed by atoms with E-state index in [1.54, 1.807) is 24.2 Å². The van der Waals surface area contributed by atoms with Crippen LogP contribution >= 0.6 is 11.8 Å². The minimum atomic E-state index is -0.103. The van der Waals surface area contributed by atoms with Gasteiger partial charge in [-0.2, -0.15) is 11.8 Å². The summed E-state index contributed by atoms with van der Waals surface area (Å²) in [6, 6.07) is 3.98. The smallest absolute Gasteiger partial charge is 0.315 e. The van der Waals surface area contributed by atoms with E-state index in [-0.39, 0.29) is 18.1 Å². The van der Waals surface area contributed by atoms with Gasteiger partial charge in [-0.3, -0.25) is 4.98 Å². The van der Waals surface area contributed by atoms with Crippen LogP contribution in [0.5, 0.6) is 0 Å². The fourth-order valence-electron chi connectivity index (χ4n) is 1.98. The number of carbonyl (C=O) groups excluding carboxylic acids is 1. The number of carbonyl (C=O) groups is 1. The van der Waals surface area contributed by atoms with Crippen LogP contribution in [0.25, 0.3) is 0 Å². The van der Waals surface area contributed by atoms with E-state index in [9.17, 15) is 4.79 Å². The molecule has 4 nitrogen and oxygen atoms in total. The zero-order chi connectivity index (χ0) is 15.0. The minimum absolute atomic E-state index is 0.00532. The van der Waals surface area contributed by atoms with Crippen molar-refractivity contribution in [1.82, 2.24) is 15.6 Å². The first-order valence-electron chi connectivity index (χ1n) is 7.00. The van der Waals surface area contributed by atoms with E-state index in [1.807, 2.05) is 19.1 Å². The number of hydrogen-bond donors (Lipinski definition) is 2. The monoisotopic (exact) mass is 295 g/mol. The van der Waals surface area contributed by atoms with Gasteiger partial charge in [-0.25, -0.2) is 4.79 Å². The minimum Gasteiger partial charge on any atom is -0.336 e. The van der Waals surface area contributed by atoms with Crippen molar-refractivity contribution in [2.75, 3.05) is 12.0 Å². The highest BCUT2D eigenvalue weighted by atomic mass is 32.2. The number of rotatable bonds is 7. The second-order valence-electron chi connectivity index (χ2n) is 5.30. The van der Waals surface area contributed by atoms with E-state index in [1.165, 1.54) is 0 Å².